The van der Waals surface area contributed by atoms with E-state index in [9.17, 15) is 9.59 Å². The fourth-order valence-corrected chi connectivity index (χ4v) is 2.80. The first kappa shape index (κ1) is 16.1. The first-order valence-corrected chi connectivity index (χ1v) is 7.40. The van der Waals surface area contributed by atoms with Gasteiger partial charge in [-0.05, 0) is 38.5 Å². The van der Waals surface area contributed by atoms with E-state index in [1.807, 2.05) is 26.0 Å². The van der Waals surface area contributed by atoms with Gasteiger partial charge in [-0.1, -0.05) is 12.1 Å². The lowest BCUT2D eigenvalue weighted by molar-refractivity contribution is -0.160. The highest BCUT2D eigenvalue weighted by atomic mass is 16.6. The molecule has 0 unspecified atom stereocenters. The third-order valence-electron chi connectivity index (χ3n) is 3.78. The van der Waals surface area contributed by atoms with E-state index in [1.165, 1.54) is 0 Å². The summed E-state index contributed by atoms with van der Waals surface area (Å²) in [5.41, 5.74) is 0.187. The van der Waals surface area contributed by atoms with Crippen LogP contribution >= 0.6 is 0 Å². The zero-order valence-corrected chi connectivity index (χ0v) is 13.2. The number of carbonyl (C=O) groups excluding carboxylic acids is 2. The predicted molar refractivity (Wildman–Crippen MR) is 84.0 cm³/mol. The van der Waals surface area contributed by atoms with Crippen molar-refractivity contribution in [3.8, 4) is 5.75 Å². The Hall–Kier alpha value is -2.30. The van der Waals surface area contributed by atoms with Crippen molar-refractivity contribution in [1.82, 2.24) is 0 Å². The second kappa shape index (κ2) is 6.22. The molecule has 1 aliphatic rings. The molecule has 1 aromatic rings. The van der Waals surface area contributed by atoms with Gasteiger partial charge in [0.15, 0.2) is 5.75 Å². The Balaban J connectivity index is 2.61. The Morgan fingerprint density at radius 2 is 2.18 bits per heavy atom. The molecule has 0 spiro atoms. The summed E-state index contributed by atoms with van der Waals surface area (Å²) >= 11 is 0. The average Bonchev–Trinajstić information content (AvgIpc) is 2.48. The lowest BCUT2D eigenvalue weighted by atomic mass is 9.90. The van der Waals surface area contributed by atoms with Crippen molar-refractivity contribution in [3.63, 3.8) is 0 Å². The molecule has 0 N–H and O–H groups in total. The summed E-state index contributed by atoms with van der Waals surface area (Å²) in [5, 5.41) is 0. The van der Waals surface area contributed by atoms with Crippen molar-refractivity contribution in [3.05, 3.63) is 36.4 Å². The predicted octanol–water partition coefficient (Wildman–Crippen LogP) is 2.62. The van der Waals surface area contributed by atoms with E-state index in [0.717, 1.165) is 5.56 Å². The summed E-state index contributed by atoms with van der Waals surface area (Å²) in [6.07, 6.45) is 1.67. The second-order valence-corrected chi connectivity index (χ2v) is 5.18. The lowest BCUT2D eigenvalue weighted by Crippen LogP contribution is -2.64. The quantitative estimate of drug-likeness (QED) is 0.362. The molecule has 1 atom stereocenters. The number of likely N-dealkylation sites (N-methyl/N-ethyl adjacent to an activating group) is 1. The normalized spacial score (nSPS) is 20.1. The number of ether oxygens (including phenoxy) is 2. The smallest absolute Gasteiger partial charge is 0.349 e. The Morgan fingerprint density at radius 3 is 2.77 bits per heavy atom. The van der Waals surface area contributed by atoms with Crippen LogP contribution in [0.25, 0.3) is 0 Å². The summed E-state index contributed by atoms with van der Waals surface area (Å²) in [5.74, 6) is -0.755. The average molecular weight is 303 g/mol. The fourth-order valence-electron chi connectivity index (χ4n) is 2.80. The van der Waals surface area contributed by atoms with Crippen molar-refractivity contribution in [1.29, 1.82) is 0 Å². The van der Waals surface area contributed by atoms with Crippen LogP contribution in [0.4, 0.5) is 5.69 Å². The number of esters is 2. The molecule has 0 amide bonds. The molecule has 118 valence electrons. The van der Waals surface area contributed by atoms with Gasteiger partial charge in [0.05, 0.1) is 12.3 Å². The van der Waals surface area contributed by atoms with Crippen LogP contribution in [-0.4, -0.2) is 30.6 Å². The highest BCUT2D eigenvalue weighted by molar-refractivity contribution is 6.11. The highest BCUT2D eigenvalue weighted by Gasteiger charge is 2.56. The standard InChI is InChI=1S/C17H21NO4/c1-5-10-17(15(19)21-7-3)16(20)22-14-11-12(4)8-9-13(14)18(17)6-2/h5,8-9,11H,1,6-7,10H2,2-4H3/t17-/m1/s1. The first-order chi connectivity index (χ1) is 10.5. The number of hydrogen-bond donors (Lipinski definition) is 0. The molecule has 0 saturated carbocycles. The number of carbonyl (C=O) groups is 2. The molecule has 0 fully saturated rings. The minimum absolute atomic E-state index is 0.131. The van der Waals surface area contributed by atoms with E-state index in [4.69, 9.17) is 9.47 Å². The fraction of sp³-hybridized carbons (Fsp3) is 0.412. The van der Waals surface area contributed by atoms with Crippen LogP contribution in [0.3, 0.4) is 0 Å². The van der Waals surface area contributed by atoms with Crippen molar-refractivity contribution in [2.75, 3.05) is 18.1 Å². The maximum absolute atomic E-state index is 12.7. The molecule has 5 heteroatoms. The molecule has 0 aromatic heterocycles. The van der Waals surface area contributed by atoms with E-state index >= 15 is 0 Å². The molecular weight excluding hydrogens is 282 g/mol. The van der Waals surface area contributed by atoms with E-state index in [0.29, 0.717) is 18.0 Å². The van der Waals surface area contributed by atoms with Gasteiger partial charge in [0.1, 0.15) is 0 Å². The van der Waals surface area contributed by atoms with Crippen molar-refractivity contribution in [2.24, 2.45) is 0 Å². The molecule has 2 rings (SSSR count). The van der Waals surface area contributed by atoms with Gasteiger partial charge in [0, 0.05) is 13.0 Å². The van der Waals surface area contributed by atoms with E-state index in [-0.39, 0.29) is 13.0 Å². The Bertz CT molecular complexity index is 611. The van der Waals surface area contributed by atoms with Crippen LogP contribution in [0.1, 0.15) is 25.8 Å². The van der Waals surface area contributed by atoms with Crippen LogP contribution in [0.5, 0.6) is 5.75 Å². The Morgan fingerprint density at radius 1 is 1.45 bits per heavy atom. The summed E-state index contributed by atoms with van der Waals surface area (Å²) in [4.78, 5) is 27.0. The molecule has 5 nitrogen and oxygen atoms in total. The molecule has 1 heterocycles. The van der Waals surface area contributed by atoms with Crippen LogP contribution in [-0.2, 0) is 14.3 Å². The number of aryl methyl sites for hydroxylation is 1. The monoisotopic (exact) mass is 303 g/mol. The van der Waals surface area contributed by atoms with E-state index < -0.39 is 17.5 Å². The zero-order valence-electron chi connectivity index (χ0n) is 13.2. The van der Waals surface area contributed by atoms with Gasteiger partial charge < -0.3 is 14.4 Å². The maximum Gasteiger partial charge on any atom is 0.349 e. The van der Waals surface area contributed by atoms with Crippen molar-refractivity contribution >= 4 is 17.6 Å². The number of benzene rings is 1. The summed E-state index contributed by atoms with van der Waals surface area (Å²) < 4.78 is 10.6. The number of anilines is 1. The number of nitrogens with zero attached hydrogens (tertiary/aromatic N) is 1. The van der Waals surface area contributed by atoms with Gasteiger partial charge in [0.2, 0.25) is 5.54 Å². The second-order valence-electron chi connectivity index (χ2n) is 5.18. The SMILES string of the molecule is C=CC[C@@]1(C(=O)OCC)C(=O)Oc2cc(C)ccc2N1CC. The molecule has 22 heavy (non-hydrogen) atoms. The third kappa shape index (κ3) is 2.36. The maximum atomic E-state index is 12.7. The summed E-state index contributed by atoms with van der Waals surface area (Å²) in [7, 11) is 0. The van der Waals surface area contributed by atoms with Crippen molar-refractivity contribution < 1.29 is 19.1 Å². The Kier molecular flexibility index (Phi) is 4.54. The first-order valence-electron chi connectivity index (χ1n) is 7.40. The molecule has 0 aliphatic carbocycles. The van der Waals surface area contributed by atoms with Gasteiger partial charge in [-0.15, -0.1) is 6.58 Å². The van der Waals surface area contributed by atoms with E-state index in [2.05, 4.69) is 6.58 Å². The van der Waals surface area contributed by atoms with Crippen LogP contribution in [0, 0.1) is 6.92 Å². The topological polar surface area (TPSA) is 55.8 Å². The van der Waals surface area contributed by atoms with Gasteiger partial charge in [-0.25, -0.2) is 9.59 Å². The minimum atomic E-state index is -1.51. The van der Waals surface area contributed by atoms with Gasteiger partial charge >= 0.3 is 11.9 Å². The van der Waals surface area contributed by atoms with Crippen molar-refractivity contribution in [2.45, 2.75) is 32.7 Å². The van der Waals surface area contributed by atoms with Gasteiger partial charge in [-0.2, -0.15) is 0 Å². The minimum Gasteiger partial charge on any atom is -0.464 e. The molecule has 1 aliphatic heterocycles. The van der Waals surface area contributed by atoms with Crippen LogP contribution in [0.2, 0.25) is 0 Å². The molecule has 1 aromatic carbocycles. The third-order valence-corrected chi connectivity index (χ3v) is 3.78. The summed E-state index contributed by atoms with van der Waals surface area (Å²) in [6.45, 7) is 9.86. The Labute approximate surface area is 130 Å². The molecule has 0 bridgehead atoms. The number of rotatable bonds is 5. The highest BCUT2D eigenvalue weighted by Crippen LogP contribution is 2.41. The lowest BCUT2D eigenvalue weighted by Gasteiger charge is -2.43. The molecule has 0 saturated heterocycles. The molecule has 0 radical (unpaired) electrons. The van der Waals surface area contributed by atoms with Gasteiger partial charge in [0.25, 0.3) is 0 Å². The number of hydrogen-bond acceptors (Lipinski definition) is 5. The van der Waals surface area contributed by atoms with Crippen LogP contribution in [0.15, 0.2) is 30.9 Å². The van der Waals surface area contributed by atoms with Gasteiger partial charge in [-0.3, -0.25) is 0 Å². The van der Waals surface area contributed by atoms with Crippen LogP contribution < -0.4 is 9.64 Å². The molecular formula is C17H21NO4. The largest absolute Gasteiger partial charge is 0.464 e. The zero-order chi connectivity index (χ0) is 16.3. The van der Waals surface area contributed by atoms with E-state index in [1.54, 1.807) is 24.0 Å². The summed E-state index contributed by atoms with van der Waals surface area (Å²) in [6, 6.07) is 5.57. The number of fused-ring (bicyclic) bond motifs is 1.